The number of hydrogen-bond donors (Lipinski definition) is 1. The Kier molecular flexibility index (Phi) is 8.09. The summed E-state index contributed by atoms with van der Waals surface area (Å²) in [4.78, 5) is 12.4. The number of carbonyl (C=O) groups excluding carboxylic acids is 1. The average Bonchev–Trinajstić information content (AvgIpc) is 3.18. The van der Waals surface area contributed by atoms with Crippen molar-refractivity contribution >= 4 is 39.3 Å². The van der Waals surface area contributed by atoms with Crippen LogP contribution in [0.3, 0.4) is 0 Å². The first-order chi connectivity index (χ1) is 13.4. The van der Waals surface area contributed by atoms with Gasteiger partial charge in [0, 0.05) is 41.6 Å². The third kappa shape index (κ3) is 6.37. The van der Waals surface area contributed by atoms with Gasteiger partial charge < -0.3 is 5.32 Å². The molecule has 1 aliphatic carbocycles. The Labute approximate surface area is 177 Å². The highest BCUT2D eigenvalue weighted by Crippen LogP contribution is 2.29. The smallest absolute Gasteiger partial charge is 0.223 e. The number of amides is 1. The minimum absolute atomic E-state index is 0.0528. The fourth-order valence-electron chi connectivity index (χ4n) is 3.92. The molecule has 0 unspecified atom stereocenters. The molecule has 5 nitrogen and oxygen atoms in total. The molecule has 1 aromatic rings. The van der Waals surface area contributed by atoms with Gasteiger partial charge in [-0.1, -0.05) is 36.6 Å². The van der Waals surface area contributed by atoms with Crippen LogP contribution < -0.4 is 5.32 Å². The van der Waals surface area contributed by atoms with E-state index in [9.17, 15) is 13.2 Å². The topological polar surface area (TPSA) is 66.5 Å². The summed E-state index contributed by atoms with van der Waals surface area (Å²) in [7, 11) is -3.39. The van der Waals surface area contributed by atoms with Gasteiger partial charge in [-0.05, 0) is 43.4 Å². The number of halogens is 1. The molecule has 28 heavy (non-hydrogen) atoms. The Hall–Kier alpha value is -0.760. The fraction of sp³-hybridized carbons (Fsp3) is 0.650. The average molecular weight is 445 g/mol. The Morgan fingerprint density at radius 1 is 1.18 bits per heavy atom. The molecule has 1 aromatic carbocycles. The SMILES string of the molecule is O=C(NCCSC1CCCC1)C1CCN(S(=O)(=O)Cc2cccc(Cl)c2)CC1. The number of thioether (sulfide) groups is 1. The first-order valence-corrected chi connectivity index (χ1v) is 13.1. The summed E-state index contributed by atoms with van der Waals surface area (Å²) < 4.78 is 26.8. The number of piperidine rings is 1. The number of nitrogens with one attached hydrogen (secondary N) is 1. The van der Waals surface area contributed by atoms with Crippen LogP contribution in [0.15, 0.2) is 24.3 Å². The minimum atomic E-state index is -3.39. The third-order valence-electron chi connectivity index (χ3n) is 5.51. The number of sulfonamides is 1. The van der Waals surface area contributed by atoms with Crippen molar-refractivity contribution in [2.24, 2.45) is 5.92 Å². The first kappa shape index (κ1) is 21.9. The second kappa shape index (κ2) is 10.3. The van der Waals surface area contributed by atoms with Crippen LogP contribution in [0.4, 0.5) is 0 Å². The normalized spacial score (nSPS) is 19.8. The van der Waals surface area contributed by atoms with Crippen molar-refractivity contribution < 1.29 is 13.2 Å². The van der Waals surface area contributed by atoms with Crippen molar-refractivity contribution in [1.29, 1.82) is 0 Å². The summed E-state index contributed by atoms with van der Waals surface area (Å²) in [5.74, 6) is 0.888. The van der Waals surface area contributed by atoms with E-state index in [4.69, 9.17) is 11.6 Å². The highest BCUT2D eigenvalue weighted by molar-refractivity contribution is 7.99. The van der Waals surface area contributed by atoms with Crippen LogP contribution in [0.1, 0.15) is 44.1 Å². The lowest BCUT2D eigenvalue weighted by molar-refractivity contribution is -0.125. The van der Waals surface area contributed by atoms with Crippen molar-refractivity contribution in [1.82, 2.24) is 9.62 Å². The largest absolute Gasteiger partial charge is 0.355 e. The highest BCUT2D eigenvalue weighted by Gasteiger charge is 2.31. The van der Waals surface area contributed by atoms with E-state index in [2.05, 4.69) is 5.32 Å². The molecule has 1 amide bonds. The number of nitrogens with zero attached hydrogens (tertiary/aromatic N) is 1. The Morgan fingerprint density at radius 3 is 2.57 bits per heavy atom. The zero-order valence-corrected chi connectivity index (χ0v) is 18.5. The third-order valence-corrected chi connectivity index (χ3v) is 8.98. The highest BCUT2D eigenvalue weighted by atomic mass is 35.5. The minimum Gasteiger partial charge on any atom is -0.355 e. The second-order valence-corrected chi connectivity index (χ2v) is 11.4. The lowest BCUT2D eigenvalue weighted by atomic mass is 9.97. The molecular weight excluding hydrogens is 416 g/mol. The number of benzene rings is 1. The molecule has 1 saturated carbocycles. The summed E-state index contributed by atoms with van der Waals surface area (Å²) in [5, 5.41) is 4.34. The summed E-state index contributed by atoms with van der Waals surface area (Å²) in [6.45, 7) is 1.50. The van der Waals surface area contributed by atoms with Crippen molar-refractivity contribution in [2.75, 3.05) is 25.4 Å². The molecule has 0 bridgehead atoms. The summed E-state index contributed by atoms with van der Waals surface area (Å²) in [6.07, 6.45) is 6.44. The summed E-state index contributed by atoms with van der Waals surface area (Å²) >= 11 is 7.91. The standard InChI is InChI=1S/C20H29ClN2O3S2/c21-18-5-3-4-16(14-18)15-28(25,26)23-11-8-17(9-12-23)20(24)22-10-13-27-19-6-1-2-7-19/h3-5,14,17,19H,1-2,6-13,15H2,(H,22,24). The zero-order chi connectivity index (χ0) is 20.0. The predicted octanol–water partition coefficient (Wildman–Crippen LogP) is 3.67. The van der Waals surface area contributed by atoms with Gasteiger partial charge in [0.1, 0.15) is 0 Å². The molecular formula is C20H29ClN2O3S2. The molecule has 0 radical (unpaired) electrons. The van der Waals surface area contributed by atoms with Crippen LogP contribution in [0.5, 0.6) is 0 Å². The van der Waals surface area contributed by atoms with Crippen molar-refractivity contribution in [3.8, 4) is 0 Å². The zero-order valence-electron chi connectivity index (χ0n) is 16.1. The van der Waals surface area contributed by atoms with Gasteiger partial charge in [0.25, 0.3) is 0 Å². The van der Waals surface area contributed by atoms with Gasteiger partial charge in [-0.15, -0.1) is 0 Å². The molecule has 1 saturated heterocycles. The molecule has 1 aliphatic heterocycles. The number of rotatable bonds is 8. The Morgan fingerprint density at radius 2 is 1.89 bits per heavy atom. The summed E-state index contributed by atoms with van der Waals surface area (Å²) in [5.41, 5.74) is 0.687. The van der Waals surface area contributed by atoms with Crippen LogP contribution in [-0.2, 0) is 20.6 Å². The van der Waals surface area contributed by atoms with Gasteiger partial charge in [0.05, 0.1) is 5.75 Å². The van der Waals surface area contributed by atoms with Crippen LogP contribution in [0, 0.1) is 5.92 Å². The molecule has 2 aliphatic rings. The predicted molar refractivity (Wildman–Crippen MR) is 116 cm³/mol. The maximum Gasteiger partial charge on any atom is 0.223 e. The van der Waals surface area contributed by atoms with E-state index in [1.807, 2.05) is 11.8 Å². The molecule has 2 fully saturated rings. The molecule has 1 heterocycles. The van der Waals surface area contributed by atoms with Crippen LogP contribution in [0.25, 0.3) is 0 Å². The van der Waals surface area contributed by atoms with Gasteiger partial charge >= 0.3 is 0 Å². The van der Waals surface area contributed by atoms with Crippen molar-refractivity contribution in [3.63, 3.8) is 0 Å². The lowest BCUT2D eigenvalue weighted by Crippen LogP contribution is -2.43. The monoisotopic (exact) mass is 444 g/mol. The molecule has 1 N–H and O–H groups in total. The van der Waals surface area contributed by atoms with E-state index in [-0.39, 0.29) is 17.6 Å². The Balaban J connectivity index is 1.39. The van der Waals surface area contributed by atoms with Gasteiger partial charge in [0.15, 0.2) is 0 Å². The van der Waals surface area contributed by atoms with Gasteiger partial charge in [-0.2, -0.15) is 11.8 Å². The van der Waals surface area contributed by atoms with Crippen molar-refractivity contribution in [2.45, 2.75) is 49.5 Å². The first-order valence-electron chi connectivity index (χ1n) is 10.1. The van der Waals surface area contributed by atoms with E-state index in [1.165, 1.54) is 30.0 Å². The lowest BCUT2D eigenvalue weighted by Gasteiger charge is -2.30. The van der Waals surface area contributed by atoms with Gasteiger partial charge in [0.2, 0.25) is 15.9 Å². The van der Waals surface area contributed by atoms with Gasteiger partial charge in [-0.3, -0.25) is 4.79 Å². The number of hydrogen-bond acceptors (Lipinski definition) is 4. The van der Waals surface area contributed by atoms with E-state index >= 15 is 0 Å². The van der Waals surface area contributed by atoms with E-state index in [0.29, 0.717) is 43.1 Å². The molecule has 8 heteroatoms. The maximum atomic E-state index is 12.7. The number of carbonyl (C=O) groups is 1. The fourth-order valence-corrected chi connectivity index (χ4v) is 6.91. The van der Waals surface area contributed by atoms with E-state index < -0.39 is 10.0 Å². The summed E-state index contributed by atoms with van der Waals surface area (Å²) in [6, 6.07) is 6.94. The van der Waals surface area contributed by atoms with E-state index in [1.54, 1.807) is 24.3 Å². The molecule has 3 rings (SSSR count). The molecule has 156 valence electrons. The van der Waals surface area contributed by atoms with Crippen LogP contribution >= 0.6 is 23.4 Å². The quantitative estimate of drug-likeness (QED) is 0.621. The van der Waals surface area contributed by atoms with E-state index in [0.717, 1.165) is 11.0 Å². The molecule has 0 aromatic heterocycles. The second-order valence-electron chi connectivity index (χ2n) is 7.63. The Bertz CT molecular complexity index is 758. The van der Waals surface area contributed by atoms with Crippen LogP contribution in [0.2, 0.25) is 5.02 Å². The molecule has 0 spiro atoms. The molecule has 0 atom stereocenters. The van der Waals surface area contributed by atoms with Crippen LogP contribution in [-0.4, -0.2) is 49.3 Å². The van der Waals surface area contributed by atoms with Gasteiger partial charge in [-0.25, -0.2) is 12.7 Å². The maximum absolute atomic E-state index is 12.7. The van der Waals surface area contributed by atoms with Crippen molar-refractivity contribution in [3.05, 3.63) is 34.9 Å².